The molecule has 208 valence electrons. The van der Waals surface area contributed by atoms with E-state index >= 15 is 0 Å². The first-order valence-corrected chi connectivity index (χ1v) is 13.4. The third kappa shape index (κ3) is 7.54. The minimum atomic E-state index is -0.711. The molecule has 0 spiro atoms. The molecule has 2 aliphatic rings. The van der Waals surface area contributed by atoms with E-state index < -0.39 is 17.5 Å². The summed E-state index contributed by atoms with van der Waals surface area (Å²) in [4.78, 5) is 57.3. The number of hydrogen-bond acceptors (Lipinski definition) is 7. The summed E-state index contributed by atoms with van der Waals surface area (Å²) in [6, 6.07) is 7.66. The summed E-state index contributed by atoms with van der Waals surface area (Å²) >= 11 is 5.88. The van der Waals surface area contributed by atoms with E-state index in [1.54, 1.807) is 32.9 Å². The normalized spacial score (nSPS) is 19.8. The van der Waals surface area contributed by atoms with Crippen LogP contribution in [0.3, 0.4) is 0 Å². The number of rotatable bonds is 6. The van der Waals surface area contributed by atoms with Crippen molar-refractivity contribution < 1.29 is 28.7 Å². The van der Waals surface area contributed by atoms with Gasteiger partial charge in [0, 0.05) is 24.7 Å². The second kappa shape index (κ2) is 12.1. The quantitative estimate of drug-likeness (QED) is 0.508. The van der Waals surface area contributed by atoms with Gasteiger partial charge in [-0.3, -0.25) is 14.4 Å². The standard InChI is InChI=1S/C28H33ClN4O6/c1-28(2,3)39-27(37)18-6-10-21(26(36)32-23-11-7-19(29)15-30-23)22(14-18)31-25(35)17-4-8-20(9-5-17)33-12-13-38-16-24(33)34/h6-7,10-11,14-15,17,20H,4-5,8-9,12-13,16H2,1-3H3,(H,31,35)(H,30,32,36). The smallest absolute Gasteiger partial charge is 0.338 e. The Bertz CT molecular complexity index is 1240. The van der Waals surface area contributed by atoms with Gasteiger partial charge in [-0.15, -0.1) is 0 Å². The van der Waals surface area contributed by atoms with E-state index in [4.69, 9.17) is 21.1 Å². The molecule has 0 atom stereocenters. The molecule has 2 fully saturated rings. The maximum Gasteiger partial charge on any atom is 0.338 e. The van der Waals surface area contributed by atoms with Crippen molar-refractivity contribution in [1.29, 1.82) is 0 Å². The molecule has 11 heteroatoms. The van der Waals surface area contributed by atoms with Crippen LogP contribution in [0, 0.1) is 5.92 Å². The lowest BCUT2D eigenvalue weighted by Gasteiger charge is -2.38. The van der Waals surface area contributed by atoms with Crippen LogP contribution in [0.2, 0.25) is 5.02 Å². The van der Waals surface area contributed by atoms with Gasteiger partial charge in [-0.05, 0) is 76.8 Å². The minimum absolute atomic E-state index is 0.0149. The molecule has 1 aliphatic carbocycles. The molecule has 3 amide bonds. The third-order valence-corrected chi connectivity index (χ3v) is 6.88. The zero-order chi connectivity index (χ0) is 28.2. The fourth-order valence-corrected chi connectivity index (χ4v) is 4.86. The lowest BCUT2D eigenvalue weighted by atomic mass is 9.84. The number of pyridine rings is 1. The first kappa shape index (κ1) is 28.5. The van der Waals surface area contributed by atoms with Gasteiger partial charge in [-0.2, -0.15) is 0 Å². The van der Waals surface area contributed by atoms with Crippen molar-refractivity contribution in [1.82, 2.24) is 9.88 Å². The molecule has 1 aromatic carbocycles. The van der Waals surface area contributed by atoms with Gasteiger partial charge in [0.2, 0.25) is 11.8 Å². The van der Waals surface area contributed by atoms with Gasteiger partial charge in [-0.1, -0.05) is 11.6 Å². The van der Waals surface area contributed by atoms with Crippen LogP contribution in [-0.4, -0.2) is 65.0 Å². The number of nitrogens with zero attached hydrogens (tertiary/aromatic N) is 2. The van der Waals surface area contributed by atoms with Crippen LogP contribution in [0.5, 0.6) is 0 Å². The topological polar surface area (TPSA) is 127 Å². The molecule has 1 aliphatic heterocycles. The SMILES string of the molecule is CC(C)(C)OC(=O)c1ccc(C(=O)Nc2ccc(Cl)cn2)c(NC(=O)C2CCC(N3CCOCC3=O)CC2)c1. The van der Waals surface area contributed by atoms with Crippen molar-refractivity contribution in [3.05, 3.63) is 52.7 Å². The van der Waals surface area contributed by atoms with E-state index in [0.29, 0.717) is 43.9 Å². The number of carbonyl (C=O) groups is 4. The second-order valence-corrected chi connectivity index (χ2v) is 11.1. The van der Waals surface area contributed by atoms with Crippen LogP contribution < -0.4 is 10.6 Å². The Morgan fingerprint density at radius 1 is 1.08 bits per heavy atom. The number of anilines is 2. The largest absolute Gasteiger partial charge is 0.456 e. The molecule has 2 N–H and O–H groups in total. The van der Waals surface area contributed by atoms with Crippen molar-refractivity contribution >= 4 is 46.8 Å². The Balaban J connectivity index is 1.50. The number of ether oxygens (including phenoxy) is 2. The maximum atomic E-state index is 13.3. The minimum Gasteiger partial charge on any atom is -0.456 e. The summed E-state index contributed by atoms with van der Waals surface area (Å²) in [6.45, 7) is 6.47. The zero-order valence-electron chi connectivity index (χ0n) is 22.3. The van der Waals surface area contributed by atoms with Gasteiger partial charge in [0.05, 0.1) is 28.4 Å². The molecule has 1 saturated carbocycles. The number of halogens is 1. The van der Waals surface area contributed by atoms with E-state index in [0.717, 1.165) is 0 Å². The molecule has 1 saturated heterocycles. The van der Waals surface area contributed by atoms with Gasteiger partial charge in [0.15, 0.2) is 0 Å². The highest BCUT2D eigenvalue weighted by molar-refractivity contribution is 6.30. The fraction of sp³-hybridized carbons (Fsp3) is 0.464. The number of aromatic nitrogens is 1. The maximum absolute atomic E-state index is 13.3. The molecule has 0 bridgehead atoms. The summed E-state index contributed by atoms with van der Waals surface area (Å²) in [5.74, 6) is -1.35. The summed E-state index contributed by atoms with van der Waals surface area (Å²) in [5.41, 5.74) is -0.145. The van der Waals surface area contributed by atoms with Crippen molar-refractivity contribution in [3.63, 3.8) is 0 Å². The Kier molecular flexibility index (Phi) is 8.87. The van der Waals surface area contributed by atoms with Crippen LogP contribution in [0.4, 0.5) is 11.5 Å². The van der Waals surface area contributed by atoms with E-state index in [1.165, 1.54) is 24.4 Å². The highest BCUT2D eigenvalue weighted by Crippen LogP contribution is 2.30. The fourth-order valence-electron chi connectivity index (χ4n) is 4.74. The summed E-state index contributed by atoms with van der Waals surface area (Å²) in [5, 5.41) is 5.98. The summed E-state index contributed by atoms with van der Waals surface area (Å²) in [7, 11) is 0. The predicted molar refractivity (Wildman–Crippen MR) is 146 cm³/mol. The van der Waals surface area contributed by atoms with E-state index in [9.17, 15) is 19.2 Å². The molecule has 4 rings (SSSR count). The lowest BCUT2D eigenvalue weighted by molar-refractivity contribution is -0.146. The molecule has 39 heavy (non-hydrogen) atoms. The Hall–Kier alpha value is -3.50. The molecule has 1 aromatic heterocycles. The molecule has 2 heterocycles. The van der Waals surface area contributed by atoms with Gasteiger partial charge in [0.1, 0.15) is 18.0 Å². The first-order valence-electron chi connectivity index (χ1n) is 13.0. The number of carbonyl (C=O) groups excluding carboxylic acids is 4. The average Bonchev–Trinajstić information content (AvgIpc) is 2.89. The first-order chi connectivity index (χ1) is 18.5. The predicted octanol–water partition coefficient (Wildman–Crippen LogP) is 4.30. The molecule has 10 nitrogen and oxygen atoms in total. The number of hydrogen-bond donors (Lipinski definition) is 2. The number of nitrogens with one attached hydrogen (secondary N) is 2. The lowest BCUT2D eigenvalue weighted by Crippen LogP contribution is -2.49. The number of benzene rings is 1. The van der Waals surface area contributed by atoms with Gasteiger partial charge >= 0.3 is 5.97 Å². The number of amides is 3. The molecular formula is C28H33ClN4O6. The van der Waals surface area contributed by atoms with Crippen molar-refractivity contribution in [3.8, 4) is 0 Å². The Labute approximate surface area is 232 Å². The van der Waals surface area contributed by atoms with Crippen LogP contribution in [0.1, 0.15) is 67.2 Å². The van der Waals surface area contributed by atoms with Crippen molar-refractivity contribution in [2.45, 2.75) is 58.1 Å². The van der Waals surface area contributed by atoms with Crippen LogP contribution >= 0.6 is 11.6 Å². The van der Waals surface area contributed by atoms with E-state index in [1.807, 2.05) is 4.90 Å². The molecular weight excluding hydrogens is 524 g/mol. The molecule has 2 aromatic rings. The summed E-state index contributed by atoms with van der Waals surface area (Å²) < 4.78 is 10.7. The van der Waals surface area contributed by atoms with Gasteiger partial charge in [0.25, 0.3) is 5.91 Å². The average molecular weight is 557 g/mol. The third-order valence-electron chi connectivity index (χ3n) is 6.66. The Morgan fingerprint density at radius 3 is 2.46 bits per heavy atom. The van der Waals surface area contributed by atoms with Crippen molar-refractivity contribution in [2.24, 2.45) is 5.92 Å². The second-order valence-electron chi connectivity index (χ2n) is 10.7. The zero-order valence-corrected chi connectivity index (χ0v) is 23.0. The van der Waals surface area contributed by atoms with Gasteiger partial charge in [-0.25, -0.2) is 9.78 Å². The Morgan fingerprint density at radius 2 is 1.82 bits per heavy atom. The number of esters is 1. The molecule has 0 unspecified atom stereocenters. The van der Waals surface area contributed by atoms with E-state index in [-0.39, 0.29) is 53.0 Å². The highest BCUT2D eigenvalue weighted by Gasteiger charge is 2.33. The van der Waals surface area contributed by atoms with Crippen LogP contribution in [-0.2, 0) is 19.1 Å². The van der Waals surface area contributed by atoms with Crippen LogP contribution in [0.25, 0.3) is 0 Å². The summed E-state index contributed by atoms with van der Waals surface area (Å²) in [6.07, 6.45) is 4.02. The van der Waals surface area contributed by atoms with Gasteiger partial charge < -0.3 is 25.0 Å². The van der Waals surface area contributed by atoms with E-state index in [2.05, 4.69) is 15.6 Å². The van der Waals surface area contributed by atoms with Crippen LogP contribution in [0.15, 0.2) is 36.5 Å². The highest BCUT2D eigenvalue weighted by atomic mass is 35.5. The monoisotopic (exact) mass is 556 g/mol. The number of morpholine rings is 1. The van der Waals surface area contributed by atoms with Crippen molar-refractivity contribution in [2.75, 3.05) is 30.4 Å². The molecule has 0 radical (unpaired) electrons.